The van der Waals surface area contributed by atoms with Crippen molar-refractivity contribution in [2.45, 2.75) is 13.3 Å². The molecule has 3 aromatic heterocycles. The van der Waals surface area contributed by atoms with Gasteiger partial charge in [0.05, 0.1) is 17.9 Å². The lowest BCUT2D eigenvalue weighted by atomic mass is 9.98. The number of nitrogens with zero attached hydrogens (tertiary/aromatic N) is 4. The van der Waals surface area contributed by atoms with Crippen molar-refractivity contribution < 1.29 is 4.79 Å². The number of amides is 1. The topological polar surface area (TPSA) is 109 Å². The van der Waals surface area contributed by atoms with Crippen LogP contribution in [0.2, 0.25) is 0 Å². The molecule has 1 fully saturated rings. The Hall–Kier alpha value is -3.92. The first-order chi connectivity index (χ1) is 14.0. The van der Waals surface area contributed by atoms with Gasteiger partial charge in [-0.3, -0.25) is 4.79 Å². The minimum atomic E-state index is -0.238. The molecule has 3 heterocycles. The third-order valence-corrected chi connectivity index (χ3v) is 5.45. The Balaban J connectivity index is 1.54. The standard InChI is InChI=1S/C22H18N6O/c1-12-11-28-3-2-25-21(28)8-16(12)13-4-14-7-20(26-10-18(14)19(24)6-13)27-22(29)17-5-15(17)9-23/h2-4,6-8,10-11,15,17H,5,24H2,1H3,(H,26,27,29). The van der Waals surface area contributed by atoms with Gasteiger partial charge in [0.2, 0.25) is 5.91 Å². The van der Waals surface area contributed by atoms with Crippen LogP contribution in [0.15, 0.2) is 49.1 Å². The third kappa shape index (κ3) is 2.95. The van der Waals surface area contributed by atoms with Crippen molar-refractivity contribution in [2.75, 3.05) is 11.1 Å². The van der Waals surface area contributed by atoms with Crippen LogP contribution in [0.4, 0.5) is 11.5 Å². The molecular formula is C22H18N6O. The predicted octanol–water partition coefficient (Wildman–Crippen LogP) is 3.54. The quantitative estimate of drug-likeness (QED) is 0.527. The zero-order chi connectivity index (χ0) is 20.1. The lowest BCUT2D eigenvalue weighted by Gasteiger charge is -2.12. The number of nitrogens with two attached hydrogens (primary N) is 1. The third-order valence-electron chi connectivity index (χ3n) is 5.45. The molecule has 1 aliphatic carbocycles. The number of carbonyl (C=O) groups excluding carboxylic acids is 1. The number of nitrogens with one attached hydrogen (secondary N) is 1. The highest BCUT2D eigenvalue weighted by molar-refractivity contribution is 6.00. The fourth-order valence-electron chi connectivity index (χ4n) is 3.73. The Morgan fingerprint density at radius 2 is 2.17 bits per heavy atom. The van der Waals surface area contributed by atoms with Crippen LogP contribution in [0, 0.1) is 30.1 Å². The highest BCUT2D eigenvalue weighted by atomic mass is 16.2. The number of nitriles is 1. The number of aryl methyl sites for hydroxylation is 1. The van der Waals surface area contributed by atoms with Gasteiger partial charge in [-0.05, 0) is 59.7 Å². The number of hydrogen-bond donors (Lipinski definition) is 2. The Morgan fingerprint density at radius 1 is 1.31 bits per heavy atom. The van der Waals surface area contributed by atoms with E-state index in [-0.39, 0.29) is 17.7 Å². The van der Waals surface area contributed by atoms with Gasteiger partial charge in [-0.15, -0.1) is 0 Å². The lowest BCUT2D eigenvalue weighted by molar-refractivity contribution is -0.117. The summed E-state index contributed by atoms with van der Waals surface area (Å²) in [5, 5.41) is 13.4. The number of hydrogen-bond acceptors (Lipinski definition) is 5. The maximum Gasteiger partial charge on any atom is 0.230 e. The molecule has 1 amide bonds. The van der Waals surface area contributed by atoms with Crippen molar-refractivity contribution in [1.29, 1.82) is 5.26 Å². The first-order valence-corrected chi connectivity index (χ1v) is 9.37. The van der Waals surface area contributed by atoms with Gasteiger partial charge in [0.15, 0.2) is 0 Å². The van der Waals surface area contributed by atoms with Crippen molar-refractivity contribution in [3.8, 4) is 17.2 Å². The minimum Gasteiger partial charge on any atom is -0.398 e. The van der Waals surface area contributed by atoms with Crippen molar-refractivity contribution in [3.63, 3.8) is 0 Å². The molecule has 7 nitrogen and oxygen atoms in total. The Labute approximate surface area is 166 Å². The molecule has 3 N–H and O–H groups in total. The van der Waals surface area contributed by atoms with Gasteiger partial charge >= 0.3 is 0 Å². The zero-order valence-corrected chi connectivity index (χ0v) is 15.8. The average molecular weight is 382 g/mol. The normalized spacial score (nSPS) is 17.9. The molecule has 2 unspecified atom stereocenters. The molecule has 1 saturated carbocycles. The van der Waals surface area contributed by atoms with Crippen molar-refractivity contribution >= 4 is 33.8 Å². The predicted molar refractivity (Wildman–Crippen MR) is 111 cm³/mol. The monoisotopic (exact) mass is 382 g/mol. The number of fused-ring (bicyclic) bond motifs is 2. The molecule has 1 aliphatic rings. The summed E-state index contributed by atoms with van der Waals surface area (Å²) >= 11 is 0. The van der Waals surface area contributed by atoms with Crippen molar-refractivity contribution in [3.05, 3.63) is 54.6 Å². The second kappa shape index (κ2) is 6.31. The van der Waals surface area contributed by atoms with E-state index in [9.17, 15) is 4.79 Å². The van der Waals surface area contributed by atoms with Gasteiger partial charge in [-0.1, -0.05) is 0 Å². The number of carbonyl (C=O) groups is 1. The smallest absolute Gasteiger partial charge is 0.230 e. The van der Waals surface area contributed by atoms with Crippen LogP contribution in [0.5, 0.6) is 0 Å². The van der Waals surface area contributed by atoms with E-state index < -0.39 is 0 Å². The molecule has 0 bridgehead atoms. The van der Waals surface area contributed by atoms with Crippen molar-refractivity contribution in [1.82, 2.24) is 14.4 Å². The first kappa shape index (κ1) is 17.2. The number of pyridine rings is 2. The maximum atomic E-state index is 12.2. The van der Waals surface area contributed by atoms with E-state index >= 15 is 0 Å². The molecule has 0 aliphatic heterocycles. The molecule has 0 radical (unpaired) electrons. The largest absolute Gasteiger partial charge is 0.398 e. The number of anilines is 2. The van der Waals surface area contributed by atoms with Gasteiger partial charge in [-0.25, -0.2) is 9.97 Å². The number of imidazole rings is 1. The highest BCUT2D eigenvalue weighted by Gasteiger charge is 2.43. The number of nitrogen functional groups attached to an aromatic ring is 1. The first-order valence-electron chi connectivity index (χ1n) is 9.37. The van der Waals surface area contributed by atoms with Crippen LogP contribution in [-0.4, -0.2) is 20.3 Å². The second-order valence-electron chi connectivity index (χ2n) is 7.49. The molecule has 142 valence electrons. The molecule has 1 aromatic carbocycles. The molecular weight excluding hydrogens is 364 g/mol. The van der Waals surface area contributed by atoms with Crippen LogP contribution in [0.3, 0.4) is 0 Å². The molecule has 2 atom stereocenters. The van der Waals surface area contributed by atoms with Crippen LogP contribution < -0.4 is 11.1 Å². The van der Waals surface area contributed by atoms with Gasteiger partial charge in [0, 0.05) is 35.9 Å². The Bertz CT molecular complexity index is 1330. The molecule has 29 heavy (non-hydrogen) atoms. The molecule has 0 saturated heterocycles. The van der Waals surface area contributed by atoms with Crippen molar-refractivity contribution in [2.24, 2.45) is 11.8 Å². The van der Waals surface area contributed by atoms with E-state index in [1.807, 2.05) is 41.1 Å². The van der Waals surface area contributed by atoms with E-state index in [1.165, 1.54) is 0 Å². The summed E-state index contributed by atoms with van der Waals surface area (Å²) in [5.41, 5.74) is 10.9. The summed E-state index contributed by atoms with van der Waals surface area (Å²) in [5.74, 6) is -0.118. The van der Waals surface area contributed by atoms with Crippen LogP contribution in [-0.2, 0) is 4.79 Å². The summed E-state index contributed by atoms with van der Waals surface area (Å²) in [6, 6.07) is 9.96. The van der Waals surface area contributed by atoms with Crippen LogP contribution in [0.25, 0.3) is 27.5 Å². The van der Waals surface area contributed by atoms with E-state index in [0.717, 1.165) is 33.1 Å². The van der Waals surface area contributed by atoms with Gasteiger partial charge in [0.25, 0.3) is 0 Å². The number of benzene rings is 1. The Morgan fingerprint density at radius 3 is 2.97 bits per heavy atom. The van der Waals surface area contributed by atoms with Gasteiger partial charge in [0.1, 0.15) is 11.5 Å². The van der Waals surface area contributed by atoms with E-state index in [0.29, 0.717) is 17.9 Å². The maximum absolute atomic E-state index is 12.2. The lowest BCUT2D eigenvalue weighted by Crippen LogP contribution is -2.15. The fourth-order valence-corrected chi connectivity index (χ4v) is 3.73. The number of aromatic nitrogens is 3. The summed E-state index contributed by atoms with van der Waals surface area (Å²) in [6.07, 6.45) is 8.01. The Kier molecular flexibility index (Phi) is 3.74. The summed E-state index contributed by atoms with van der Waals surface area (Å²) in [4.78, 5) is 20.9. The van der Waals surface area contributed by atoms with E-state index in [1.54, 1.807) is 12.4 Å². The zero-order valence-electron chi connectivity index (χ0n) is 15.8. The van der Waals surface area contributed by atoms with Gasteiger partial charge in [-0.2, -0.15) is 5.26 Å². The van der Waals surface area contributed by atoms with Crippen LogP contribution in [0.1, 0.15) is 12.0 Å². The summed E-state index contributed by atoms with van der Waals surface area (Å²) < 4.78 is 1.98. The average Bonchev–Trinajstić information content (AvgIpc) is 3.37. The second-order valence-corrected chi connectivity index (χ2v) is 7.49. The SMILES string of the molecule is Cc1cn2ccnc2cc1-c1cc(N)c2cnc(NC(=O)C3CC3C#N)cc2c1. The molecule has 0 spiro atoms. The summed E-state index contributed by atoms with van der Waals surface area (Å²) in [7, 11) is 0. The molecule has 7 heteroatoms. The summed E-state index contributed by atoms with van der Waals surface area (Å²) in [6.45, 7) is 2.05. The molecule has 4 aromatic rings. The number of rotatable bonds is 3. The fraction of sp³-hybridized carbons (Fsp3) is 0.182. The van der Waals surface area contributed by atoms with E-state index in [2.05, 4.69) is 28.3 Å². The van der Waals surface area contributed by atoms with Gasteiger partial charge < -0.3 is 15.5 Å². The minimum absolute atomic E-state index is 0.159. The van der Waals surface area contributed by atoms with Crippen LogP contribution >= 0.6 is 0 Å². The molecule has 5 rings (SSSR count). The van der Waals surface area contributed by atoms with E-state index in [4.69, 9.17) is 11.0 Å². The highest BCUT2D eigenvalue weighted by Crippen LogP contribution is 2.38.